The second-order valence-corrected chi connectivity index (χ2v) is 5.72. The first-order chi connectivity index (χ1) is 10.9. The van der Waals surface area contributed by atoms with Crippen molar-refractivity contribution in [1.82, 2.24) is 4.90 Å². The highest BCUT2D eigenvalue weighted by Gasteiger charge is 2.27. The third-order valence-corrected chi connectivity index (χ3v) is 3.89. The Morgan fingerprint density at radius 3 is 2.83 bits per heavy atom. The third kappa shape index (κ3) is 4.41. The summed E-state index contributed by atoms with van der Waals surface area (Å²) in [5, 5.41) is 0.185. The summed E-state index contributed by atoms with van der Waals surface area (Å²) < 4.78 is 18.4. The molecule has 0 aliphatic carbocycles. The number of carbonyl (C=O) groups is 3. The van der Waals surface area contributed by atoms with Crippen LogP contribution in [0.25, 0.3) is 0 Å². The molecule has 124 valence electrons. The van der Waals surface area contributed by atoms with Crippen molar-refractivity contribution in [2.24, 2.45) is 11.7 Å². The maximum atomic E-state index is 13.5. The first-order valence-electron chi connectivity index (χ1n) is 7.07. The highest BCUT2D eigenvalue weighted by atomic mass is 35.5. The number of nitrogens with zero attached hydrogens (tertiary/aromatic N) is 1. The Balaban J connectivity index is 1.92. The fourth-order valence-corrected chi connectivity index (χ4v) is 2.56. The molecule has 23 heavy (non-hydrogen) atoms. The Bertz CT molecular complexity index is 638. The van der Waals surface area contributed by atoms with E-state index >= 15 is 0 Å². The molecule has 1 aliphatic rings. The lowest BCUT2D eigenvalue weighted by Gasteiger charge is -2.31. The summed E-state index contributed by atoms with van der Waals surface area (Å²) in [5.74, 6) is -3.05. The van der Waals surface area contributed by atoms with E-state index in [9.17, 15) is 18.8 Å². The summed E-state index contributed by atoms with van der Waals surface area (Å²) in [7, 11) is 0. The molecule has 1 aliphatic heterocycles. The van der Waals surface area contributed by atoms with Crippen LogP contribution in [0.4, 0.5) is 4.39 Å². The van der Waals surface area contributed by atoms with Crippen LogP contribution in [-0.2, 0) is 14.3 Å². The van der Waals surface area contributed by atoms with E-state index in [0.29, 0.717) is 19.4 Å². The minimum atomic E-state index is -0.971. The predicted octanol–water partition coefficient (Wildman–Crippen LogP) is 1.36. The number of hydrogen-bond donors (Lipinski definition) is 1. The van der Waals surface area contributed by atoms with Gasteiger partial charge in [0.25, 0.3) is 5.91 Å². The Kier molecular flexibility index (Phi) is 5.54. The maximum Gasteiger partial charge on any atom is 0.341 e. The number of likely N-dealkylation sites (tertiary alicyclic amines) is 1. The smallest absolute Gasteiger partial charge is 0.341 e. The zero-order chi connectivity index (χ0) is 17.0. The van der Waals surface area contributed by atoms with Gasteiger partial charge in [-0.2, -0.15) is 0 Å². The number of esters is 1. The van der Waals surface area contributed by atoms with E-state index in [1.165, 1.54) is 11.0 Å². The number of primary amides is 1. The first kappa shape index (κ1) is 17.2. The van der Waals surface area contributed by atoms with Gasteiger partial charge in [0.15, 0.2) is 6.61 Å². The van der Waals surface area contributed by atoms with Crippen LogP contribution < -0.4 is 5.73 Å². The molecule has 0 aromatic heterocycles. The number of amides is 2. The van der Waals surface area contributed by atoms with Crippen molar-refractivity contribution in [3.8, 4) is 0 Å². The van der Waals surface area contributed by atoms with Crippen LogP contribution in [0.15, 0.2) is 18.2 Å². The van der Waals surface area contributed by atoms with Gasteiger partial charge in [0.05, 0.1) is 11.5 Å². The van der Waals surface area contributed by atoms with E-state index < -0.39 is 36.1 Å². The zero-order valence-electron chi connectivity index (χ0n) is 12.3. The summed E-state index contributed by atoms with van der Waals surface area (Å²) in [4.78, 5) is 36.4. The molecule has 1 fully saturated rings. The molecule has 0 spiro atoms. The molecule has 2 rings (SSSR count). The summed E-state index contributed by atoms with van der Waals surface area (Å²) in [6.45, 7) is 0.138. The van der Waals surface area contributed by atoms with Crippen molar-refractivity contribution in [2.45, 2.75) is 12.8 Å². The Labute approximate surface area is 137 Å². The van der Waals surface area contributed by atoms with Crippen LogP contribution in [0.1, 0.15) is 23.2 Å². The van der Waals surface area contributed by atoms with Crippen molar-refractivity contribution in [3.05, 3.63) is 34.6 Å². The molecule has 1 atom stereocenters. The molecular weight excluding hydrogens is 327 g/mol. The monoisotopic (exact) mass is 342 g/mol. The van der Waals surface area contributed by atoms with Crippen molar-refractivity contribution < 1.29 is 23.5 Å². The summed E-state index contributed by atoms with van der Waals surface area (Å²) in [5.41, 5.74) is 4.91. The molecule has 0 saturated carbocycles. The van der Waals surface area contributed by atoms with E-state index in [1.807, 2.05) is 0 Å². The summed E-state index contributed by atoms with van der Waals surface area (Å²) >= 11 is 5.70. The molecule has 1 aromatic rings. The van der Waals surface area contributed by atoms with Gasteiger partial charge < -0.3 is 15.4 Å². The molecule has 1 aromatic carbocycles. The van der Waals surface area contributed by atoms with E-state index in [-0.39, 0.29) is 17.1 Å². The van der Waals surface area contributed by atoms with Crippen LogP contribution in [0.3, 0.4) is 0 Å². The number of ether oxygens (including phenoxy) is 1. The second kappa shape index (κ2) is 7.41. The van der Waals surface area contributed by atoms with Gasteiger partial charge in [-0.1, -0.05) is 11.6 Å². The standard InChI is InChI=1S/C15H16ClFN2O4/c16-10-3-4-12(17)11(6-10)15(22)23-8-13(20)19-5-1-2-9(7-19)14(18)21/h3-4,6,9H,1-2,5,7-8H2,(H2,18,21)/t9-/m0/s1. The van der Waals surface area contributed by atoms with E-state index in [4.69, 9.17) is 22.1 Å². The van der Waals surface area contributed by atoms with E-state index in [1.54, 1.807) is 0 Å². The van der Waals surface area contributed by atoms with Crippen molar-refractivity contribution >= 4 is 29.4 Å². The molecule has 0 radical (unpaired) electrons. The van der Waals surface area contributed by atoms with Crippen molar-refractivity contribution in [1.29, 1.82) is 0 Å². The van der Waals surface area contributed by atoms with Crippen LogP contribution in [-0.4, -0.2) is 42.4 Å². The lowest BCUT2D eigenvalue weighted by atomic mass is 9.97. The Morgan fingerprint density at radius 1 is 1.39 bits per heavy atom. The molecule has 6 nitrogen and oxygen atoms in total. The SMILES string of the molecule is NC(=O)[C@H]1CCCN(C(=O)COC(=O)c2cc(Cl)ccc2F)C1. The van der Waals surface area contributed by atoms with Crippen molar-refractivity contribution in [3.63, 3.8) is 0 Å². The van der Waals surface area contributed by atoms with Crippen LogP contribution in [0.2, 0.25) is 5.02 Å². The summed E-state index contributed by atoms with van der Waals surface area (Å²) in [6.07, 6.45) is 1.28. The quantitative estimate of drug-likeness (QED) is 0.837. The maximum absolute atomic E-state index is 13.5. The largest absolute Gasteiger partial charge is 0.452 e. The molecule has 0 unspecified atom stereocenters. The van der Waals surface area contributed by atoms with Crippen LogP contribution in [0.5, 0.6) is 0 Å². The normalized spacial score (nSPS) is 17.7. The zero-order valence-corrected chi connectivity index (χ0v) is 13.0. The van der Waals surface area contributed by atoms with Gasteiger partial charge in [-0.3, -0.25) is 9.59 Å². The number of benzene rings is 1. The average molecular weight is 343 g/mol. The molecular formula is C15H16ClFN2O4. The van der Waals surface area contributed by atoms with Gasteiger partial charge in [-0.25, -0.2) is 9.18 Å². The topological polar surface area (TPSA) is 89.7 Å². The molecule has 1 heterocycles. The lowest BCUT2D eigenvalue weighted by molar-refractivity contribution is -0.137. The number of rotatable bonds is 4. The number of piperidine rings is 1. The fourth-order valence-electron chi connectivity index (χ4n) is 2.39. The third-order valence-electron chi connectivity index (χ3n) is 3.65. The molecule has 8 heteroatoms. The molecule has 2 amide bonds. The number of halogens is 2. The Morgan fingerprint density at radius 2 is 2.13 bits per heavy atom. The van der Waals surface area contributed by atoms with Gasteiger partial charge in [0.2, 0.25) is 5.91 Å². The Hall–Kier alpha value is -2.15. The van der Waals surface area contributed by atoms with Gasteiger partial charge in [0, 0.05) is 18.1 Å². The summed E-state index contributed by atoms with van der Waals surface area (Å²) in [6, 6.07) is 3.48. The van der Waals surface area contributed by atoms with Crippen LogP contribution in [0, 0.1) is 11.7 Å². The predicted molar refractivity (Wildman–Crippen MR) is 80.2 cm³/mol. The number of hydrogen-bond acceptors (Lipinski definition) is 4. The van der Waals surface area contributed by atoms with Gasteiger partial charge in [-0.15, -0.1) is 0 Å². The van der Waals surface area contributed by atoms with Gasteiger partial charge in [-0.05, 0) is 31.0 Å². The number of carbonyl (C=O) groups excluding carboxylic acids is 3. The van der Waals surface area contributed by atoms with Crippen LogP contribution >= 0.6 is 11.6 Å². The van der Waals surface area contributed by atoms with E-state index in [0.717, 1.165) is 12.1 Å². The fraction of sp³-hybridized carbons (Fsp3) is 0.400. The first-order valence-corrected chi connectivity index (χ1v) is 7.45. The number of nitrogens with two attached hydrogens (primary N) is 1. The van der Waals surface area contributed by atoms with E-state index in [2.05, 4.69) is 0 Å². The molecule has 1 saturated heterocycles. The highest BCUT2D eigenvalue weighted by molar-refractivity contribution is 6.30. The highest BCUT2D eigenvalue weighted by Crippen LogP contribution is 2.17. The lowest BCUT2D eigenvalue weighted by Crippen LogP contribution is -2.45. The minimum Gasteiger partial charge on any atom is -0.452 e. The van der Waals surface area contributed by atoms with Gasteiger partial charge >= 0.3 is 5.97 Å². The molecule has 2 N–H and O–H groups in total. The van der Waals surface area contributed by atoms with Crippen molar-refractivity contribution in [2.75, 3.05) is 19.7 Å². The molecule has 0 bridgehead atoms. The second-order valence-electron chi connectivity index (χ2n) is 5.28. The average Bonchev–Trinajstić information content (AvgIpc) is 2.54. The minimum absolute atomic E-state index is 0.185. The van der Waals surface area contributed by atoms with Gasteiger partial charge in [0.1, 0.15) is 5.82 Å².